The summed E-state index contributed by atoms with van der Waals surface area (Å²) in [6, 6.07) is 0. The predicted molar refractivity (Wildman–Crippen MR) is 68.6 cm³/mol. The minimum absolute atomic E-state index is 0.755. The number of hydrogen-bond acceptors (Lipinski definition) is 11. The van der Waals surface area contributed by atoms with Gasteiger partial charge in [0, 0.05) is 0 Å². The standard InChI is InChI=1S/C12H21FO11/c13-10(20)9-4(16)3(15)7(19)12(24-9)23-8-2(1-14)22-11(21)6(18)5(8)17/h2-12,14-21H,1H2/t2-,3+,4-,5-,6-,7-,8-,9+,10?,11?,12-/m1/s1. The summed E-state index contributed by atoms with van der Waals surface area (Å²) in [5, 5.41) is 76.1. The highest BCUT2D eigenvalue weighted by atomic mass is 19.1. The van der Waals surface area contributed by atoms with Gasteiger partial charge in [0.05, 0.1) is 6.61 Å². The second-order valence-electron chi connectivity index (χ2n) is 5.64. The summed E-state index contributed by atoms with van der Waals surface area (Å²) in [6.07, 6.45) is -20.5. The van der Waals surface area contributed by atoms with Crippen molar-refractivity contribution in [1.82, 2.24) is 0 Å². The van der Waals surface area contributed by atoms with E-state index >= 15 is 0 Å². The van der Waals surface area contributed by atoms with Crippen molar-refractivity contribution in [2.75, 3.05) is 6.61 Å². The number of halogens is 1. The van der Waals surface area contributed by atoms with Crippen molar-refractivity contribution in [3.05, 3.63) is 0 Å². The SMILES string of the molecule is OC[C@H]1OC(O)[C@H](O)[C@@H](O)[C@@H]1O[C@@H]1O[C@H](C(O)F)[C@H](O)[C@H](O)[C@H]1O. The molecule has 0 amide bonds. The van der Waals surface area contributed by atoms with Crippen LogP contribution in [0.3, 0.4) is 0 Å². The molecule has 0 aromatic rings. The minimum atomic E-state index is -2.71. The lowest BCUT2D eigenvalue weighted by molar-refractivity contribution is -0.363. The average Bonchev–Trinajstić information content (AvgIpc) is 2.54. The molecule has 11 atom stereocenters. The lowest BCUT2D eigenvalue weighted by atomic mass is 9.97. The van der Waals surface area contributed by atoms with Gasteiger partial charge in [0.15, 0.2) is 12.6 Å². The van der Waals surface area contributed by atoms with Crippen molar-refractivity contribution in [1.29, 1.82) is 0 Å². The number of rotatable bonds is 4. The number of aliphatic hydroxyl groups is 8. The maximum atomic E-state index is 13.1. The van der Waals surface area contributed by atoms with Gasteiger partial charge in [-0.1, -0.05) is 0 Å². The second-order valence-corrected chi connectivity index (χ2v) is 5.64. The summed E-state index contributed by atoms with van der Waals surface area (Å²) in [4.78, 5) is 0. The first-order valence-electron chi connectivity index (χ1n) is 7.16. The van der Waals surface area contributed by atoms with E-state index in [0.717, 1.165) is 0 Å². The molecule has 2 fully saturated rings. The van der Waals surface area contributed by atoms with Crippen LogP contribution in [0.2, 0.25) is 0 Å². The Morgan fingerprint density at radius 3 is 2.04 bits per heavy atom. The molecule has 0 aromatic carbocycles. The Morgan fingerprint density at radius 2 is 1.50 bits per heavy atom. The highest BCUT2D eigenvalue weighted by Gasteiger charge is 2.51. The van der Waals surface area contributed by atoms with Gasteiger partial charge < -0.3 is 55.1 Å². The van der Waals surface area contributed by atoms with Crippen LogP contribution in [0.5, 0.6) is 0 Å². The minimum Gasteiger partial charge on any atom is -0.394 e. The first-order valence-corrected chi connectivity index (χ1v) is 7.16. The molecule has 0 spiro atoms. The third-order valence-electron chi connectivity index (χ3n) is 4.01. The molecule has 2 rings (SSSR count). The van der Waals surface area contributed by atoms with E-state index in [1.54, 1.807) is 0 Å². The zero-order valence-electron chi connectivity index (χ0n) is 12.2. The van der Waals surface area contributed by atoms with Crippen LogP contribution >= 0.6 is 0 Å². The molecule has 8 N–H and O–H groups in total. The summed E-state index contributed by atoms with van der Waals surface area (Å²) >= 11 is 0. The fraction of sp³-hybridized carbons (Fsp3) is 1.00. The van der Waals surface area contributed by atoms with Gasteiger partial charge in [-0.2, -0.15) is 0 Å². The van der Waals surface area contributed by atoms with Crippen LogP contribution < -0.4 is 0 Å². The van der Waals surface area contributed by atoms with Gasteiger partial charge in [-0.3, -0.25) is 0 Å². The van der Waals surface area contributed by atoms with E-state index in [-0.39, 0.29) is 0 Å². The monoisotopic (exact) mass is 360 g/mol. The number of alkyl halides is 1. The van der Waals surface area contributed by atoms with Crippen LogP contribution in [0.4, 0.5) is 4.39 Å². The van der Waals surface area contributed by atoms with E-state index in [0.29, 0.717) is 0 Å². The Bertz CT molecular complexity index is 410. The zero-order chi connectivity index (χ0) is 18.2. The van der Waals surface area contributed by atoms with Crippen molar-refractivity contribution in [2.24, 2.45) is 0 Å². The largest absolute Gasteiger partial charge is 0.394 e. The van der Waals surface area contributed by atoms with Gasteiger partial charge in [-0.25, -0.2) is 4.39 Å². The molecule has 0 saturated carbocycles. The molecule has 142 valence electrons. The van der Waals surface area contributed by atoms with Crippen molar-refractivity contribution in [3.63, 3.8) is 0 Å². The highest BCUT2D eigenvalue weighted by Crippen LogP contribution is 2.29. The number of aliphatic hydroxyl groups excluding tert-OH is 8. The quantitative estimate of drug-likeness (QED) is 0.239. The zero-order valence-corrected chi connectivity index (χ0v) is 12.2. The Labute approximate surface area is 135 Å². The van der Waals surface area contributed by atoms with E-state index in [1.807, 2.05) is 0 Å². The van der Waals surface area contributed by atoms with E-state index in [4.69, 9.17) is 19.3 Å². The number of ether oxygens (including phenoxy) is 3. The molecule has 0 aromatic heterocycles. The molecule has 0 radical (unpaired) electrons. The average molecular weight is 360 g/mol. The van der Waals surface area contributed by atoms with E-state index in [9.17, 15) is 40.1 Å². The summed E-state index contributed by atoms with van der Waals surface area (Å²) in [5.41, 5.74) is 0. The Morgan fingerprint density at radius 1 is 0.875 bits per heavy atom. The van der Waals surface area contributed by atoms with Crippen LogP contribution in [0, 0.1) is 0 Å². The smallest absolute Gasteiger partial charge is 0.225 e. The van der Waals surface area contributed by atoms with Gasteiger partial charge in [0.1, 0.15) is 48.8 Å². The maximum Gasteiger partial charge on any atom is 0.225 e. The third-order valence-corrected chi connectivity index (χ3v) is 4.01. The Hall–Kier alpha value is -0.510. The first kappa shape index (κ1) is 19.8. The molecular formula is C12H21FO11. The summed E-state index contributed by atoms with van der Waals surface area (Å²) in [5.74, 6) is 0. The van der Waals surface area contributed by atoms with Crippen molar-refractivity contribution in [3.8, 4) is 0 Å². The predicted octanol–water partition coefficient (Wildman–Crippen LogP) is -5.10. The fourth-order valence-corrected chi connectivity index (χ4v) is 2.60. The molecule has 2 aliphatic rings. The lowest BCUT2D eigenvalue weighted by Crippen LogP contribution is -2.65. The van der Waals surface area contributed by atoms with E-state index in [1.165, 1.54) is 0 Å². The normalized spacial score (nSPS) is 51.4. The number of hydrogen-bond donors (Lipinski definition) is 8. The van der Waals surface area contributed by atoms with Gasteiger partial charge in [-0.05, 0) is 0 Å². The van der Waals surface area contributed by atoms with Crippen LogP contribution in [-0.4, -0.2) is 115 Å². The summed E-state index contributed by atoms with van der Waals surface area (Å²) < 4.78 is 27.9. The van der Waals surface area contributed by atoms with Crippen molar-refractivity contribution in [2.45, 2.75) is 67.8 Å². The van der Waals surface area contributed by atoms with Gasteiger partial charge in [-0.15, -0.1) is 0 Å². The van der Waals surface area contributed by atoms with Gasteiger partial charge >= 0.3 is 0 Å². The third kappa shape index (κ3) is 3.68. The van der Waals surface area contributed by atoms with Gasteiger partial charge in [0.2, 0.25) is 6.36 Å². The molecule has 0 aliphatic carbocycles. The van der Waals surface area contributed by atoms with E-state index < -0.39 is 74.4 Å². The molecule has 0 bridgehead atoms. The van der Waals surface area contributed by atoms with Crippen molar-refractivity contribution >= 4 is 0 Å². The van der Waals surface area contributed by atoms with Crippen LogP contribution in [0.1, 0.15) is 0 Å². The maximum absolute atomic E-state index is 13.1. The fourth-order valence-electron chi connectivity index (χ4n) is 2.60. The summed E-state index contributed by atoms with van der Waals surface area (Å²) in [7, 11) is 0. The molecule has 2 unspecified atom stereocenters. The lowest BCUT2D eigenvalue weighted by Gasteiger charge is -2.45. The molecule has 2 saturated heterocycles. The molecule has 2 aliphatic heterocycles. The Balaban J connectivity index is 2.14. The molecule has 24 heavy (non-hydrogen) atoms. The van der Waals surface area contributed by atoms with Gasteiger partial charge in [0.25, 0.3) is 0 Å². The first-order chi connectivity index (χ1) is 11.2. The van der Waals surface area contributed by atoms with Crippen LogP contribution in [-0.2, 0) is 14.2 Å². The van der Waals surface area contributed by atoms with Crippen LogP contribution in [0.15, 0.2) is 0 Å². The van der Waals surface area contributed by atoms with Crippen LogP contribution in [0.25, 0.3) is 0 Å². The summed E-state index contributed by atoms with van der Waals surface area (Å²) in [6.45, 7) is -0.755. The molecule has 12 heteroatoms. The molecular weight excluding hydrogens is 339 g/mol. The Kier molecular flexibility index (Phi) is 6.44. The van der Waals surface area contributed by atoms with Crippen molar-refractivity contribution < 1.29 is 59.5 Å². The molecule has 11 nitrogen and oxygen atoms in total. The van der Waals surface area contributed by atoms with E-state index in [2.05, 4.69) is 0 Å². The second kappa shape index (κ2) is 7.80. The highest BCUT2D eigenvalue weighted by molar-refractivity contribution is 4.94. The molecule has 2 heterocycles. The topological polar surface area (TPSA) is 190 Å².